The number of hydrogen-bond acceptors (Lipinski definition) is 5. The Morgan fingerprint density at radius 2 is 2.12 bits per heavy atom. The van der Waals surface area contributed by atoms with Crippen molar-refractivity contribution in [1.82, 2.24) is 14.8 Å². The van der Waals surface area contributed by atoms with Gasteiger partial charge in [-0.15, -0.1) is 0 Å². The van der Waals surface area contributed by atoms with Crippen LogP contribution < -0.4 is 16.6 Å². The highest BCUT2D eigenvalue weighted by atomic mass is 19.4. The average molecular weight is 444 g/mol. The lowest BCUT2D eigenvalue weighted by atomic mass is 10.0. The quantitative estimate of drug-likeness (QED) is 0.493. The van der Waals surface area contributed by atoms with E-state index in [0.717, 1.165) is 12.8 Å². The monoisotopic (exact) mass is 444 g/mol. The first kappa shape index (κ1) is 21.9. The zero-order valence-corrected chi connectivity index (χ0v) is 17.4. The second-order valence-electron chi connectivity index (χ2n) is 8.18. The Morgan fingerprint density at radius 1 is 1.38 bits per heavy atom. The van der Waals surface area contributed by atoms with E-state index in [1.54, 1.807) is 25.3 Å². The Bertz CT molecular complexity index is 1240. The summed E-state index contributed by atoms with van der Waals surface area (Å²) in [5.41, 5.74) is 6.54. The van der Waals surface area contributed by atoms with Gasteiger partial charge in [-0.05, 0) is 61.4 Å². The number of aromatic amines is 1. The zero-order chi connectivity index (χ0) is 23.0. The van der Waals surface area contributed by atoms with Crippen LogP contribution in [0.5, 0.6) is 0 Å². The minimum atomic E-state index is -4.54. The summed E-state index contributed by atoms with van der Waals surface area (Å²) in [5, 5.41) is 17.1. The fourth-order valence-electron chi connectivity index (χ4n) is 4.11. The van der Waals surface area contributed by atoms with E-state index in [1.807, 2.05) is 4.68 Å². The van der Waals surface area contributed by atoms with Gasteiger partial charge < -0.3 is 16.0 Å². The molecule has 3 aromatic rings. The van der Waals surface area contributed by atoms with Crippen molar-refractivity contribution < 1.29 is 13.2 Å². The highest BCUT2D eigenvalue weighted by Gasteiger charge is 2.38. The van der Waals surface area contributed by atoms with Crippen LogP contribution in [0.1, 0.15) is 48.9 Å². The molecule has 0 spiro atoms. The van der Waals surface area contributed by atoms with Gasteiger partial charge in [0.15, 0.2) is 5.82 Å². The molecular formula is C22H23F3N6O. The molecular weight excluding hydrogens is 421 g/mol. The highest BCUT2D eigenvalue weighted by molar-refractivity contribution is 5.91. The fraction of sp³-hybridized carbons (Fsp3) is 0.409. The number of nitrogens with zero attached hydrogens (tertiary/aromatic N) is 3. The summed E-state index contributed by atoms with van der Waals surface area (Å²) in [6.45, 7) is 1.56. The fourth-order valence-corrected chi connectivity index (χ4v) is 4.11. The maximum atomic E-state index is 13.0. The number of anilines is 2. The molecule has 0 aliphatic heterocycles. The maximum absolute atomic E-state index is 13.0. The molecule has 7 nitrogen and oxygen atoms in total. The minimum absolute atomic E-state index is 0.00314. The van der Waals surface area contributed by atoms with Crippen molar-refractivity contribution in [2.75, 3.05) is 5.32 Å². The number of hydrogen-bond donors (Lipinski definition) is 3. The summed E-state index contributed by atoms with van der Waals surface area (Å²) in [6.07, 6.45) is 0.122. The van der Waals surface area contributed by atoms with Gasteiger partial charge in [0, 0.05) is 18.3 Å². The number of halogens is 3. The van der Waals surface area contributed by atoms with Crippen LogP contribution in [0.25, 0.3) is 10.9 Å². The van der Waals surface area contributed by atoms with Gasteiger partial charge >= 0.3 is 6.18 Å². The number of rotatable bonds is 7. The van der Waals surface area contributed by atoms with Gasteiger partial charge in [-0.1, -0.05) is 6.07 Å². The number of aryl methyl sites for hydroxylation is 1. The third-order valence-corrected chi connectivity index (χ3v) is 5.88. The van der Waals surface area contributed by atoms with E-state index >= 15 is 0 Å². The molecule has 0 amide bonds. The molecule has 4 N–H and O–H groups in total. The molecule has 2 atom stereocenters. The lowest BCUT2D eigenvalue weighted by Gasteiger charge is -2.18. The number of alkyl halides is 3. The Kier molecular flexibility index (Phi) is 5.69. The van der Waals surface area contributed by atoms with Crippen LogP contribution in [-0.4, -0.2) is 20.9 Å². The van der Waals surface area contributed by atoms with Crippen LogP contribution in [-0.2, 0) is 0 Å². The van der Waals surface area contributed by atoms with Crippen LogP contribution >= 0.6 is 0 Å². The third kappa shape index (κ3) is 4.21. The molecule has 0 radical (unpaired) electrons. The van der Waals surface area contributed by atoms with Crippen LogP contribution in [0.4, 0.5) is 24.7 Å². The van der Waals surface area contributed by atoms with Crippen LogP contribution in [0.3, 0.4) is 0 Å². The van der Waals surface area contributed by atoms with E-state index in [0.29, 0.717) is 46.7 Å². The van der Waals surface area contributed by atoms with Crippen molar-refractivity contribution in [3.8, 4) is 6.07 Å². The van der Waals surface area contributed by atoms with Gasteiger partial charge in [-0.2, -0.15) is 23.5 Å². The zero-order valence-electron chi connectivity index (χ0n) is 17.4. The lowest BCUT2D eigenvalue weighted by molar-refractivity contribution is -0.149. The van der Waals surface area contributed by atoms with Gasteiger partial charge in [0.1, 0.15) is 11.4 Å². The molecule has 1 aromatic carbocycles. The minimum Gasteiger partial charge on any atom is -0.338 e. The van der Waals surface area contributed by atoms with Crippen molar-refractivity contribution in [1.29, 1.82) is 5.26 Å². The van der Waals surface area contributed by atoms with Gasteiger partial charge in [-0.25, -0.2) is 0 Å². The first-order valence-corrected chi connectivity index (χ1v) is 10.4. The lowest BCUT2D eigenvalue weighted by Crippen LogP contribution is -2.29. The van der Waals surface area contributed by atoms with E-state index in [2.05, 4.69) is 21.5 Å². The average Bonchev–Trinajstić information content (AvgIpc) is 3.50. The summed E-state index contributed by atoms with van der Waals surface area (Å²) < 4.78 is 40.8. The van der Waals surface area contributed by atoms with Gasteiger partial charge in [0.25, 0.3) is 5.56 Å². The molecule has 0 saturated heterocycles. The number of fused-ring (bicyclic) bond motifs is 1. The van der Waals surface area contributed by atoms with Gasteiger partial charge in [0.05, 0.1) is 17.6 Å². The molecule has 4 rings (SSSR count). The Balaban J connectivity index is 1.72. The first-order chi connectivity index (χ1) is 15.2. The third-order valence-electron chi connectivity index (χ3n) is 5.88. The van der Waals surface area contributed by atoms with Gasteiger partial charge in [-0.3, -0.25) is 9.48 Å². The number of pyridine rings is 1. The van der Waals surface area contributed by atoms with Crippen molar-refractivity contribution in [3.63, 3.8) is 0 Å². The van der Waals surface area contributed by atoms with Crippen molar-refractivity contribution in [2.45, 2.75) is 50.9 Å². The van der Waals surface area contributed by atoms with E-state index in [-0.39, 0.29) is 17.2 Å². The predicted molar refractivity (Wildman–Crippen MR) is 114 cm³/mol. The highest BCUT2D eigenvalue weighted by Crippen LogP contribution is 2.43. The van der Waals surface area contributed by atoms with Crippen LogP contribution in [0.15, 0.2) is 35.3 Å². The van der Waals surface area contributed by atoms with E-state index < -0.39 is 12.2 Å². The summed E-state index contributed by atoms with van der Waals surface area (Å²) >= 11 is 0. The number of nitrogens with one attached hydrogen (secondary N) is 2. The summed E-state index contributed by atoms with van der Waals surface area (Å²) in [4.78, 5) is 15.3. The number of nitrogens with two attached hydrogens (primary N) is 1. The molecule has 10 heteroatoms. The number of aromatic nitrogens is 3. The molecule has 1 aliphatic rings. The molecule has 2 aromatic heterocycles. The molecule has 1 aliphatic carbocycles. The summed E-state index contributed by atoms with van der Waals surface area (Å²) in [7, 11) is 0. The van der Waals surface area contributed by atoms with E-state index in [4.69, 9.17) is 11.0 Å². The summed E-state index contributed by atoms with van der Waals surface area (Å²) in [6, 6.07) is 6.25. The Morgan fingerprint density at radius 3 is 2.75 bits per heavy atom. The van der Waals surface area contributed by atoms with E-state index in [1.165, 1.54) is 12.1 Å². The second kappa shape index (κ2) is 8.31. The van der Waals surface area contributed by atoms with Crippen LogP contribution in [0, 0.1) is 24.2 Å². The molecule has 2 unspecified atom stereocenters. The van der Waals surface area contributed by atoms with Crippen molar-refractivity contribution in [3.05, 3.63) is 51.9 Å². The molecule has 1 fully saturated rings. The maximum Gasteiger partial charge on any atom is 0.407 e. The number of H-pyrrole nitrogens is 1. The molecule has 1 saturated carbocycles. The summed E-state index contributed by atoms with van der Waals surface area (Å²) in [5.74, 6) is 0.723. The molecule has 0 bridgehead atoms. The largest absolute Gasteiger partial charge is 0.407 e. The molecule has 168 valence electrons. The Hall–Kier alpha value is -3.32. The van der Waals surface area contributed by atoms with Crippen molar-refractivity contribution >= 4 is 22.4 Å². The molecule has 2 heterocycles. The number of benzene rings is 1. The number of nitriles is 1. The standard InChI is InChI=1S/C22H23F3N6O/c1-12-11-14(6-7-15(12)19(27)22(23,24)25)29-20-18-17(8-10-28-21(18)32)31(30-20)16(3-2-9-26)13-4-5-13/h6-8,10-11,13,16,19H,2-5,27H2,1H3,(H,28,32)(H,29,30). The first-order valence-electron chi connectivity index (χ1n) is 10.4. The van der Waals surface area contributed by atoms with E-state index in [9.17, 15) is 18.0 Å². The topological polar surface area (TPSA) is 113 Å². The van der Waals surface area contributed by atoms with Crippen molar-refractivity contribution in [2.24, 2.45) is 11.7 Å². The Labute approximate surface area is 182 Å². The molecule has 32 heavy (non-hydrogen) atoms. The van der Waals surface area contributed by atoms with Crippen LogP contribution in [0.2, 0.25) is 0 Å². The second-order valence-corrected chi connectivity index (χ2v) is 8.18. The SMILES string of the molecule is Cc1cc(Nc2nn(C(CCC#N)C3CC3)c3cc[nH]c(=O)c23)ccc1C(N)C(F)(F)F. The smallest absolute Gasteiger partial charge is 0.338 e. The normalized spacial score (nSPS) is 16.0. The predicted octanol–water partition coefficient (Wildman–Crippen LogP) is 4.59. The van der Waals surface area contributed by atoms with Gasteiger partial charge in [0.2, 0.25) is 0 Å².